The van der Waals surface area contributed by atoms with Crippen LogP contribution < -0.4 is 10.1 Å². The summed E-state index contributed by atoms with van der Waals surface area (Å²) in [7, 11) is 0. The van der Waals surface area contributed by atoms with Gasteiger partial charge >= 0.3 is 0 Å². The van der Waals surface area contributed by atoms with Crippen LogP contribution in [0.2, 0.25) is 0 Å². The molecule has 0 radical (unpaired) electrons. The molecule has 1 aromatic heterocycles. The monoisotopic (exact) mass is 388 g/mol. The third-order valence-corrected chi connectivity index (χ3v) is 5.25. The second-order valence-corrected chi connectivity index (χ2v) is 7.67. The summed E-state index contributed by atoms with van der Waals surface area (Å²) < 4.78 is 11.9. The first-order chi connectivity index (χ1) is 14.3. The minimum Gasteiger partial charge on any atom is -0.490 e. The molecule has 3 aromatic rings. The van der Waals surface area contributed by atoms with Crippen LogP contribution in [0.4, 0.5) is 0 Å². The average Bonchev–Trinajstić information content (AvgIpc) is 2.72. The van der Waals surface area contributed by atoms with Crippen molar-refractivity contribution in [2.75, 3.05) is 13.2 Å². The van der Waals surface area contributed by atoms with Gasteiger partial charge in [-0.25, -0.2) is 0 Å². The zero-order valence-electron chi connectivity index (χ0n) is 16.9. The molecule has 1 saturated heterocycles. The van der Waals surface area contributed by atoms with Gasteiger partial charge in [0.25, 0.3) is 0 Å². The molecule has 1 N–H and O–H groups in total. The maximum Gasteiger partial charge on any atom is 0.138 e. The van der Waals surface area contributed by atoms with E-state index in [9.17, 15) is 0 Å². The standard InChI is InChI=1S/C25H28N2O2/c1-19(28-17-20-6-3-2-4-7-20)12-21-8-5-9-22(13-21)23-14-25(16-26-15-23)29-18-24-10-11-27-24/h2-9,13-16,19,24,27H,10-12,17-18H2,1H3. The van der Waals surface area contributed by atoms with E-state index in [2.05, 4.69) is 59.7 Å². The summed E-state index contributed by atoms with van der Waals surface area (Å²) in [6.45, 7) is 4.55. The Bertz CT molecular complexity index is 909. The molecule has 2 heterocycles. The van der Waals surface area contributed by atoms with Crippen molar-refractivity contribution in [3.63, 3.8) is 0 Å². The van der Waals surface area contributed by atoms with Crippen LogP contribution in [0.1, 0.15) is 24.5 Å². The molecule has 29 heavy (non-hydrogen) atoms. The van der Waals surface area contributed by atoms with E-state index in [1.165, 1.54) is 17.5 Å². The summed E-state index contributed by atoms with van der Waals surface area (Å²) in [4.78, 5) is 4.37. The lowest BCUT2D eigenvalue weighted by Crippen LogP contribution is -2.46. The highest BCUT2D eigenvalue weighted by Gasteiger charge is 2.16. The van der Waals surface area contributed by atoms with Crippen LogP contribution >= 0.6 is 0 Å². The molecule has 2 aromatic carbocycles. The van der Waals surface area contributed by atoms with Gasteiger partial charge in [-0.1, -0.05) is 54.6 Å². The van der Waals surface area contributed by atoms with Crippen LogP contribution in [0, 0.1) is 0 Å². The summed E-state index contributed by atoms with van der Waals surface area (Å²) in [6, 6.07) is 21.4. The number of hydrogen-bond donors (Lipinski definition) is 1. The molecule has 0 aliphatic carbocycles. The van der Waals surface area contributed by atoms with Gasteiger partial charge in [-0.05, 0) is 49.1 Å². The van der Waals surface area contributed by atoms with Crippen molar-refractivity contribution < 1.29 is 9.47 Å². The molecule has 1 fully saturated rings. The average molecular weight is 389 g/mol. The lowest BCUT2D eigenvalue weighted by Gasteiger charge is -2.27. The van der Waals surface area contributed by atoms with Crippen molar-refractivity contribution in [3.05, 3.63) is 84.2 Å². The lowest BCUT2D eigenvalue weighted by molar-refractivity contribution is 0.0535. The van der Waals surface area contributed by atoms with E-state index in [0.717, 1.165) is 29.8 Å². The summed E-state index contributed by atoms with van der Waals surface area (Å²) in [5.74, 6) is 0.821. The number of nitrogens with one attached hydrogen (secondary N) is 1. The normalized spacial score (nSPS) is 16.8. The predicted octanol–water partition coefficient (Wildman–Crippen LogP) is 4.64. The molecule has 2 unspecified atom stereocenters. The summed E-state index contributed by atoms with van der Waals surface area (Å²) >= 11 is 0. The fourth-order valence-electron chi connectivity index (χ4n) is 3.42. The van der Waals surface area contributed by atoms with E-state index in [1.807, 2.05) is 24.4 Å². The molecular weight excluding hydrogens is 360 g/mol. The summed E-state index contributed by atoms with van der Waals surface area (Å²) in [5.41, 5.74) is 4.68. The molecule has 0 amide bonds. The Hall–Kier alpha value is -2.69. The third kappa shape index (κ3) is 5.66. The Morgan fingerprint density at radius 3 is 2.62 bits per heavy atom. The second-order valence-electron chi connectivity index (χ2n) is 7.67. The maximum atomic E-state index is 6.03. The molecule has 1 aliphatic rings. The quantitative estimate of drug-likeness (QED) is 0.580. The zero-order valence-corrected chi connectivity index (χ0v) is 16.9. The van der Waals surface area contributed by atoms with E-state index < -0.39 is 0 Å². The smallest absolute Gasteiger partial charge is 0.138 e. The van der Waals surface area contributed by atoms with Gasteiger partial charge in [0.2, 0.25) is 0 Å². The lowest BCUT2D eigenvalue weighted by atomic mass is 10.0. The van der Waals surface area contributed by atoms with Gasteiger partial charge in [0.15, 0.2) is 0 Å². The summed E-state index contributed by atoms with van der Waals surface area (Å²) in [5, 5.41) is 3.35. The Morgan fingerprint density at radius 2 is 1.83 bits per heavy atom. The highest BCUT2D eigenvalue weighted by atomic mass is 16.5. The van der Waals surface area contributed by atoms with Crippen molar-refractivity contribution in [3.8, 4) is 16.9 Å². The van der Waals surface area contributed by atoms with Gasteiger partial charge in [0, 0.05) is 17.8 Å². The van der Waals surface area contributed by atoms with E-state index in [-0.39, 0.29) is 6.10 Å². The van der Waals surface area contributed by atoms with Gasteiger partial charge in [0.05, 0.1) is 18.9 Å². The molecule has 1 aliphatic heterocycles. The first kappa shape index (κ1) is 19.6. The van der Waals surface area contributed by atoms with Gasteiger partial charge in [0.1, 0.15) is 12.4 Å². The number of nitrogens with zero attached hydrogens (tertiary/aromatic N) is 1. The van der Waals surface area contributed by atoms with Crippen LogP contribution in [0.25, 0.3) is 11.1 Å². The van der Waals surface area contributed by atoms with Gasteiger partial charge < -0.3 is 14.8 Å². The van der Waals surface area contributed by atoms with E-state index in [0.29, 0.717) is 19.3 Å². The van der Waals surface area contributed by atoms with Crippen molar-refractivity contribution in [1.29, 1.82) is 0 Å². The molecule has 4 heteroatoms. The number of aromatic nitrogens is 1. The number of rotatable bonds is 9. The number of ether oxygens (including phenoxy) is 2. The molecule has 4 nitrogen and oxygen atoms in total. The Morgan fingerprint density at radius 1 is 1.00 bits per heavy atom. The van der Waals surface area contributed by atoms with Crippen molar-refractivity contribution in [1.82, 2.24) is 10.3 Å². The van der Waals surface area contributed by atoms with Crippen LogP contribution in [-0.4, -0.2) is 30.3 Å². The predicted molar refractivity (Wildman–Crippen MR) is 116 cm³/mol. The Kier molecular flexibility index (Phi) is 6.55. The third-order valence-electron chi connectivity index (χ3n) is 5.25. The highest BCUT2D eigenvalue weighted by Crippen LogP contribution is 2.24. The van der Waals surface area contributed by atoms with Crippen LogP contribution in [-0.2, 0) is 17.8 Å². The minimum atomic E-state index is 0.147. The van der Waals surface area contributed by atoms with E-state index in [4.69, 9.17) is 9.47 Å². The molecular formula is C25H28N2O2. The van der Waals surface area contributed by atoms with Crippen LogP contribution in [0.15, 0.2) is 73.1 Å². The molecule has 150 valence electrons. The summed E-state index contributed by atoms with van der Waals surface area (Å²) in [6.07, 6.45) is 5.87. The Balaban J connectivity index is 1.36. The maximum absolute atomic E-state index is 6.03. The fraction of sp³-hybridized carbons (Fsp3) is 0.320. The van der Waals surface area contributed by atoms with E-state index >= 15 is 0 Å². The van der Waals surface area contributed by atoms with Gasteiger partial charge in [-0.2, -0.15) is 0 Å². The SMILES string of the molecule is CC(Cc1cccc(-c2cncc(OCC3CCN3)c2)c1)OCc1ccccc1. The number of hydrogen-bond acceptors (Lipinski definition) is 4. The first-order valence-electron chi connectivity index (χ1n) is 10.3. The molecule has 4 rings (SSSR count). The van der Waals surface area contributed by atoms with Crippen molar-refractivity contribution >= 4 is 0 Å². The topological polar surface area (TPSA) is 43.4 Å². The van der Waals surface area contributed by atoms with Gasteiger partial charge in [-0.3, -0.25) is 4.98 Å². The fourth-order valence-corrected chi connectivity index (χ4v) is 3.42. The molecule has 0 spiro atoms. The molecule has 0 bridgehead atoms. The largest absolute Gasteiger partial charge is 0.490 e. The van der Waals surface area contributed by atoms with Crippen LogP contribution in [0.5, 0.6) is 5.75 Å². The molecule has 2 atom stereocenters. The van der Waals surface area contributed by atoms with Gasteiger partial charge in [-0.15, -0.1) is 0 Å². The van der Waals surface area contributed by atoms with Crippen LogP contribution in [0.3, 0.4) is 0 Å². The minimum absolute atomic E-state index is 0.147. The Labute approximate surface area is 172 Å². The first-order valence-corrected chi connectivity index (χ1v) is 10.3. The van der Waals surface area contributed by atoms with Crippen molar-refractivity contribution in [2.24, 2.45) is 0 Å². The van der Waals surface area contributed by atoms with Crippen molar-refractivity contribution in [2.45, 2.75) is 38.5 Å². The number of pyridine rings is 1. The van der Waals surface area contributed by atoms with E-state index in [1.54, 1.807) is 6.20 Å². The highest BCUT2D eigenvalue weighted by molar-refractivity contribution is 5.64. The number of benzene rings is 2. The second kappa shape index (κ2) is 9.68. The molecule has 0 saturated carbocycles. The zero-order chi connectivity index (χ0) is 19.9.